The standard InChI is InChI=1S/C15H24N2O5S3.ClH/c1-20-5-3-17(4-6-22-8-7-21-2)11-13-9-12-10-14(25(16,18)19)24-15(12)23-13;/h9-10H,3-8,11H2,1-2H3,(H2,16,18,19);1H. The molecule has 0 aromatic carbocycles. The van der Waals surface area contributed by atoms with Gasteiger partial charge < -0.3 is 14.2 Å². The van der Waals surface area contributed by atoms with Crippen molar-refractivity contribution in [3.05, 3.63) is 17.0 Å². The van der Waals surface area contributed by atoms with Gasteiger partial charge in [-0.25, -0.2) is 13.6 Å². The average molecular weight is 445 g/mol. The van der Waals surface area contributed by atoms with Gasteiger partial charge in [0.15, 0.2) is 0 Å². The van der Waals surface area contributed by atoms with Crippen molar-refractivity contribution >= 4 is 54.5 Å². The molecule has 0 aliphatic carbocycles. The zero-order valence-electron chi connectivity index (χ0n) is 14.8. The van der Waals surface area contributed by atoms with E-state index in [1.165, 1.54) is 16.2 Å². The van der Waals surface area contributed by atoms with Crippen LogP contribution in [0.25, 0.3) is 9.40 Å². The Balaban J connectivity index is 0.00000338. The SMILES string of the molecule is COCCOCCN(CCOC)Cc1cc2cc(S(N)(=O)=O)sc2s1.Cl. The molecule has 7 nitrogen and oxygen atoms in total. The maximum absolute atomic E-state index is 11.4. The number of nitrogens with two attached hydrogens (primary N) is 1. The topological polar surface area (TPSA) is 91.1 Å². The molecule has 0 unspecified atom stereocenters. The summed E-state index contributed by atoms with van der Waals surface area (Å²) in [4.78, 5) is 3.43. The number of hydrogen-bond donors (Lipinski definition) is 1. The van der Waals surface area contributed by atoms with E-state index in [-0.39, 0.29) is 16.6 Å². The Bertz CT molecular complexity index is 731. The second-order valence-electron chi connectivity index (χ2n) is 5.44. The van der Waals surface area contributed by atoms with E-state index in [1.54, 1.807) is 31.6 Å². The molecule has 0 amide bonds. The van der Waals surface area contributed by atoms with Gasteiger partial charge in [0.1, 0.15) is 4.21 Å². The quantitative estimate of drug-likeness (QED) is 0.504. The van der Waals surface area contributed by atoms with E-state index in [0.717, 1.165) is 29.0 Å². The molecule has 11 heteroatoms. The van der Waals surface area contributed by atoms with Crippen molar-refractivity contribution in [1.29, 1.82) is 0 Å². The van der Waals surface area contributed by atoms with Crippen molar-refractivity contribution in [2.45, 2.75) is 10.8 Å². The van der Waals surface area contributed by atoms with Crippen LogP contribution in [-0.4, -0.2) is 67.1 Å². The second kappa shape index (κ2) is 11.5. The van der Waals surface area contributed by atoms with Gasteiger partial charge in [-0.3, -0.25) is 4.90 Å². The Hall–Kier alpha value is -0.300. The summed E-state index contributed by atoms with van der Waals surface area (Å²) in [5.41, 5.74) is 0. The molecule has 26 heavy (non-hydrogen) atoms. The van der Waals surface area contributed by atoms with Gasteiger partial charge in [-0.05, 0) is 12.1 Å². The van der Waals surface area contributed by atoms with E-state index in [9.17, 15) is 8.42 Å². The number of hydrogen-bond acceptors (Lipinski definition) is 8. The van der Waals surface area contributed by atoms with Gasteiger partial charge in [-0.1, -0.05) is 0 Å². The number of primary sulfonamides is 1. The second-order valence-corrected chi connectivity index (χ2v) is 9.68. The van der Waals surface area contributed by atoms with Gasteiger partial charge in [0.2, 0.25) is 10.0 Å². The summed E-state index contributed by atoms with van der Waals surface area (Å²) in [6.07, 6.45) is 0. The first kappa shape index (κ1) is 23.7. The van der Waals surface area contributed by atoms with Crippen molar-refractivity contribution in [3.63, 3.8) is 0 Å². The van der Waals surface area contributed by atoms with Crippen LogP contribution < -0.4 is 5.14 Å². The highest BCUT2D eigenvalue weighted by atomic mass is 35.5. The van der Waals surface area contributed by atoms with E-state index < -0.39 is 10.0 Å². The van der Waals surface area contributed by atoms with Gasteiger partial charge in [0.05, 0.1) is 30.4 Å². The first-order chi connectivity index (χ1) is 11.9. The van der Waals surface area contributed by atoms with Crippen molar-refractivity contribution in [2.24, 2.45) is 5.14 Å². The number of fused-ring (bicyclic) bond motifs is 1. The predicted octanol–water partition coefficient (Wildman–Crippen LogP) is 2.14. The molecule has 2 rings (SSSR count). The molecule has 0 aliphatic rings. The summed E-state index contributed by atoms with van der Waals surface area (Å²) in [5, 5.41) is 6.11. The lowest BCUT2D eigenvalue weighted by Crippen LogP contribution is -2.30. The Kier molecular flexibility index (Phi) is 10.5. The van der Waals surface area contributed by atoms with Crippen LogP contribution in [-0.2, 0) is 30.8 Å². The van der Waals surface area contributed by atoms with E-state index >= 15 is 0 Å². The largest absolute Gasteiger partial charge is 0.383 e. The summed E-state index contributed by atoms with van der Waals surface area (Å²) < 4.78 is 39.7. The Morgan fingerprint density at radius 1 is 1.04 bits per heavy atom. The molecule has 0 radical (unpaired) electrons. The zero-order valence-corrected chi connectivity index (χ0v) is 18.1. The normalized spacial score (nSPS) is 12.0. The third-order valence-corrected chi connectivity index (χ3v) is 7.29. The van der Waals surface area contributed by atoms with Gasteiger partial charge >= 0.3 is 0 Å². The number of nitrogens with zero attached hydrogens (tertiary/aromatic N) is 1. The molecule has 2 aromatic rings. The van der Waals surface area contributed by atoms with Crippen LogP contribution in [0.1, 0.15) is 4.88 Å². The summed E-state index contributed by atoms with van der Waals surface area (Å²) in [6, 6.07) is 3.67. The molecule has 0 saturated carbocycles. The number of sulfonamides is 1. The van der Waals surface area contributed by atoms with Crippen LogP contribution in [0.5, 0.6) is 0 Å². The minimum absolute atomic E-state index is 0. The fourth-order valence-electron chi connectivity index (χ4n) is 2.23. The molecule has 150 valence electrons. The van der Waals surface area contributed by atoms with E-state index in [4.69, 9.17) is 19.3 Å². The molecular weight excluding hydrogens is 420 g/mol. The molecule has 2 heterocycles. The predicted molar refractivity (Wildman–Crippen MR) is 108 cm³/mol. The molecule has 0 saturated heterocycles. The number of ether oxygens (including phenoxy) is 3. The average Bonchev–Trinajstić information content (AvgIpc) is 3.10. The summed E-state index contributed by atoms with van der Waals surface area (Å²) in [6.45, 7) is 4.81. The smallest absolute Gasteiger partial charge is 0.247 e. The van der Waals surface area contributed by atoms with Crippen LogP contribution >= 0.6 is 35.1 Å². The lowest BCUT2D eigenvalue weighted by molar-refractivity contribution is 0.0509. The van der Waals surface area contributed by atoms with Gasteiger partial charge in [0, 0.05) is 44.1 Å². The molecule has 0 fully saturated rings. The highest BCUT2D eigenvalue weighted by Crippen LogP contribution is 2.35. The van der Waals surface area contributed by atoms with Crippen LogP contribution in [0.4, 0.5) is 0 Å². The van der Waals surface area contributed by atoms with E-state index in [1.807, 2.05) is 6.07 Å². The third kappa shape index (κ3) is 7.37. The Morgan fingerprint density at radius 2 is 1.73 bits per heavy atom. The summed E-state index contributed by atoms with van der Waals surface area (Å²) in [5.74, 6) is 0. The first-order valence-electron chi connectivity index (χ1n) is 7.77. The summed E-state index contributed by atoms with van der Waals surface area (Å²) >= 11 is 2.82. The van der Waals surface area contributed by atoms with Crippen molar-refractivity contribution in [1.82, 2.24) is 4.90 Å². The number of thiophene rings is 2. The first-order valence-corrected chi connectivity index (χ1v) is 10.9. The van der Waals surface area contributed by atoms with Crippen molar-refractivity contribution in [3.8, 4) is 0 Å². The van der Waals surface area contributed by atoms with Gasteiger partial charge in [0.25, 0.3) is 0 Å². The fraction of sp³-hybridized carbons (Fsp3) is 0.600. The molecule has 2 N–H and O–H groups in total. The maximum Gasteiger partial charge on any atom is 0.247 e. The lowest BCUT2D eigenvalue weighted by Gasteiger charge is -2.21. The fourth-order valence-corrected chi connectivity index (χ4v) is 5.67. The highest BCUT2D eigenvalue weighted by molar-refractivity contribution is 7.91. The van der Waals surface area contributed by atoms with Crippen LogP contribution in [0.15, 0.2) is 16.3 Å². The zero-order chi connectivity index (χ0) is 18.3. The molecule has 0 aliphatic heterocycles. The Labute approximate surface area is 168 Å². The van der Waals surface area contributed by atoms with Crippen molar-refractivity contribution < 1.29 is 22.6 Å². The minimum atomic E-state index is -3.63. The third-order valence-electron chi connectivity index (χ3n) is 3.50. The minimum Gasteiger partial charge on any atom is -0.383 e. The monoisotopic (exact) mass is 444 g/mol. The number of halogens is 1. The molecule has 0 bridgehead atoms. The molecule has 2 aromatic heterocycles. The van der Waals surface area contributed by atoms with Gasteiger partial charge in [-0.15, -0.1) is 35.1 Å². The molecule has 0 spiro atoms. The number of methoxy groups -OCH3 is 2. The number of rotatable bonds is 12. The van der Waals surface area contributed by atoms with Crippen LogP contribution in [0.2, 0.25) is 0 Å². The van der Waals surface area contributed by atoms with Crippen molar-refractivity contribution in [2.75, 3.05) is 53.7 Å². The molecular formula is C15H25ClN2O5S3. The molecule has 0 atom stereocenters. The lowest BCUT2D eigenvalue weighted by atomic mass is 10.3. The van der Waals surface area contributed by atoms with E-state index in [0.29, 0.717) is 26.4 Å². The van der Waals surface area contributed by atoms with Crippen LogP contribution in [0.3, 0.4) is 0 Å². The Morgan fingerprint density at radius 3 is 2.35 bits per heavy atom. The van der Waals surface area contributed by atoms with Gasteiger partial charge in [-0.2, -0.15) is 0 Å². The highest BCUT2D eigenvalue weighted by Gasteiger charge is 2.15. The summed E-state index contributed by atoms with van der Waals surface area (Å²) in [7, 11) is -0.296. The van der Waals surface area contributed by atoms with Crippen LogP contribution in [0, 0.1) is 0 Å². The van der Waals surface area contributed by atoms with E-state index in [2.05, 4.69) is 4.90 Å². The maximum atomic E-state index is 11.4.